The number of esters is 1. The van der Waals surface area contributed by atoms with Gasteiger partial charge in [-0.1, -0.05) is 30.0 Å². The van der Waals surface area contributed by atoms with Crippen molar-refractivity contribution in [2.45, 2.75) is 38.7 Å². The zero-order valence-electron chi connectivity index (χ0n) is 20.1. The van der Waals surface area contributed by atoms with Gasteiger partial charge in [0.25, 0.3) is 11.5 Å². The lowest BCUT2D eigenvalue weighted by Crippen LogP contribution is -2.39. The Labute approximate surface area is 218 Å². The molecule has 5 heterocycles. The van der Waals surface area contributed by atoms with Crippen molar-refractivity contribution < 1.29 is 19.1 Å². The molecular formula is C25H28N4O5S2. The van der Waals surface area contributed by atoms with Crippen LogP contribution in [0.3, 0.4) is 0 Å². The van der Waals surface area contributed by atoms with Gasteiger partial charge in [-0.25, -0.2) is 4.98 Å². The molecule has 190 valence electrons. The lowest BCUT2D eigenvalue weighted by molar-refractivity contribution is -0.148. The highest BCUT2D eigenvalue weighted by molar-refractivity contribution is 8.26. The number of carbonyl (C=O) groups excluding carboxylic acids is 2. The summed E-state index contributed by atoms with van der Waals surface area (Å²) in [6.45, 7) is 4.39. The minimum atomic E-state index is -0.257. The summed E-state index contributed by atoms with van der Waals surface area (Å²) in [4.78, 5) is 47.8. The average Bonchev–Trinajstić information content (AvgIpc) is 3.50. The average molecular weight is 529 g/mol. The van der Waals surface area contributed by atoms with Crippen molar-refractivity contribution in [1.29, 1.82) is 0 Å². The normalized spacial score (nSPS) is 22.2. The number of pyridine rings is 1. The predicted octanol–water partition coefficient (Wildman–Crippen LogP) is 2.85. The number of nitrogens with zero attached hydrogens (tertiary/aromatic N) is 4. The molecule has 1 atom stereocenters. The van der Waals surface area contributed by atoms with E-state index in [4.69, 9.17) is 26.7 Å². The summed E-state index contributed by atoms with van der Waals surface area (Å²) in [5.41, 5.74) is 0.603. The minimum Gasteiger partial charge on any atom is -0.466 e. The standard InChI is InChI=1S/C25H28N4O5S2/c1-2-33-24(32)16-8-11-27(12-9-16)21-18(22(30)28-10-4-3-7-20(28)26-21)14-19-23(31)29(25(35)36-19)15-17-6-5-13-34-17/h3-4,7,10,14,16-17H,2,5-6,8-9,11-13,15H2,1H3/b19-14-. The summed E-state index contributed by atoms with van der Waals surface area (Å²) in [5, 5.41) is 0. The van der Waals surface area contributed by atoms with Crippen molar-refractivity contribution in [1.82, 2.24) is 14.3 Å². The van der Waals surface area contributed by atoms with Crippen molar-refractivity contribution in [3.8, 4) is 0 Å². The van der Waals surface area contributed by atoms with Gasteiger partial charge in [0, 0.05) is 25.9 Å². The van der Waals surface area contributed by atoms with Crippen LogP contribution in [0.2, 0.25) is 0 Å². The molecule has 0 saturated carbocycles. The first-order valence-corrected chi connectivity index (χ1v) is 13.5. The number of amides is 1. The van der Waals surface area contributed by atoms with Gasteiger partial charge in [0.15, 0.2) is 0 Å². The van der Waals surface area contributed by atoms with Crippen LogP contribution in [0.25, 0.3) is 11.7 Å². The molecule has 0 N–H and O–H groups in total. The van der Waals surface area contributed by atoms with Gasteiger partial charge >= 0.3 is 5.97 Å². The number of carbonyl (C=O) groups is 2. The first kappa shape index (κ1) is 24.9. The number of piperidine rings is 1. The molecular weight excluding hydrogens is 500 g/mol. The predicted molar refractivity (Wildman–Crippen MR) is 142 cm³/mol. The quantitative estimate of drug-likeness (QED) is 0.319. The number of thiocarbonyl (C=S) groups is 1. The zero-order valence-corrected chi connectivity index (χ0v) is 21.7. The minimum absolute atomic E-state index is 0.0175. The van der Waals surface area contributed by atoms with E-state index in [-0.39, 0.29) is 29.5 Å². The Hall–Kier alpha value is -2.76. The fourth-order valence-electron chi connectivity index (χ4n) is 4.83. The molecule has 3 fully saturated rings. The number of ether oxygens (including phenoxy) is 2. The second-order valence-electron chi connectivity index (χ2n) is 9.02. The number of hydrogen-bond donors (Lipinski definition) is 0. The second kappa shape index (κ2) is 10.7. The van der Waals surface area contributed by atoms with Crippen LogP contribution >= 0.6 is 24.0 Å². The summed E-state index contributed by atoms with van der Waals surface area (Å²) in [7, 11) is 0. The first-order chi connectivity index (χ1) is 17.5. The van der Waals surface area contributed by atoms with Gasteiger partial charge in [-0.15, -0.1) is 0 Å². The molecule has 3 aliphatic heterocycles. The topological polar surface area (TPSA) is 93.5 Å². The maximum atomic E-state index is 13.6. The molecule has 9 nitrogen and oxygen atoms in total. The third-order valence-electron chi connectivity index (χ3n) is 6.72. The Morgan fingerprint density at radius 2 is 2.08 bits per heavy atom. The molecule has 3 saturated heterocycles. The maximum Gasteiger partial charge on any atom is 0.309 e. The largest absolute Gasteiger partial charge is 0.466 e. The lowest BCUT2D eigenvalue weighted by Gasteiger charge is -2.32. The molecule has 0 bridgehead atoms. The van der Waals surface area contributed by atoms with Crippen molar-refractivity contribution in [3.05, 3.63) is 45.2 Å². The SMILES string of the molecule is CCOC(=O)C1CCN(c2nc3ccccn3c(=O)c2/C=C2\SC(=S)N(CC3CCCO3)C2=O)CC1. The maximum absolute atomic E-state index is 13.6. The smallest absolute Gasteiger partial charge is 0.309 e. The van der Waals surface area contributed by atoms with Crippen molar-refractivity contribution in [2.75, 3.05) is 37.7 Å². The molecule has 1 amide bonds. The first-order valence-electron chi connectivity index (χ1n) is 12.3. The molecule has 11 heteroatoms. The summed E-state index contributed by atoms with van der Waals surface area (Å²) < 4.78 is 12.8. The molecule has 0 radical (unpaired) electrons. The Kier molecular flexibility index (Phi) is 7.40. The van der Waals surface area contributed by atoms with Crippen LogP contribution < -0.4 is 10.5 Å². The van der Waals surface area contributed by atoms with Crippen LogP contribution in [0.15, 0.2) is 34.1 Å². The fourth-order valence-corrected chi connectivity index (χ4v) is 6.08. The van der Waals surface area contributed by atoms with E-state index in [1.165, 1.54) is 16.2 Å². The van der Waals surface area contributed by atoms with E-state index in [0.29, 0.717) is 71.9 Å². The highest BCUT2D eigenvalue weighted by atomic mass is 32.2. The summed E-state index contributed by atoms with van der Waals surface area (Å²) in [5.74, 6) is -0.0537. The molecule has 2 aromatic heterocycles. The third kappa shape index (κ3) is 4.91. The van der Waals surface area contributed by atoms with Gasteiger partial charge in [-0.05, 0) is 50.8 Å². The molecule has 0 aliphatic carbocycles. The van der Waals surface area contributed by atoms with E-state index in [1.54, 1.807) is 36.2 Å². The van der Waals surface area contributed by atoms with Crippen LogP contribution in [-0.4, -0.2) is 69.4 Å². The van der Waals surface area contributed by atoms with Gasteiger partial charge in [0.1, 0.15) is 15.8 Å². The number of aromatic nitrogens is 2. The summed E-state index contributed by atoms with van der Waals surface area (Å²) >= 11 is 6.69. The van der Waals surface area contributed by atoms with Crippen LogP contribution in [0, 0.1) is 5.92 Å². The number of anilines is 1. The number of hydrogen-bond acceptors (Lipinski definition) is 9. The van der Waals surface area contributed by atoms with Crippen LogP contribution in [0.4, 0.5) is 5.82 Å². The number of thioether (sulfide) groups is 1. The van der Waals surface area contributed by atoms with Crippen LogP contribution in [-0.2, 0) is 19.1 Å². The van der Waals surface area contributed by atoms with Gasteiger partial charge < -0.3 is 14.4 Å². The molecule has 0 spiro atoms. The molecule has 36 heavy (non-hydrogen) atoms. The van der Waals surface area contributed by atoms with Crippen LogP contribution in [0.1, 0.15) is 38.2 Å². The molecule has 0 aromatic carbocycles. The van der Waals surface area contributed by atoms with Gasteiger partial charge in [-0.2, -0.15) is 0 Å². The summed E-state index contributed by atoms with van der Waals surface area (Å²) in [6.07, 6.45) is 6.37. The highest BCUT2D eigenvalue weighted by Crippen LogP contribution is 2.35. The van der Waals surface area contributed by atoms with Crippen molar-refractivity contribution in [2.24, 2.45) is 5.92 Å². The van der Waals surface area contributed by atoms with E-state index < -0.39 is 0 Å². The summed E-state index contributed by atoms with van der Waals surface area (Å²) in [6, 6.07) is 5.38. The van der Waals surface area contributed by atoms with E-state index in [9.17, 15) is 14.4 Å². The van der Waals surface area contributed by atoms with Gasteiger partial charge in [0.2, 0.25) is 0 Å². The highest BCUT2D eigenvalue weighted by Gasteiger charge is 2.36. The Morgan fingerprint density at radius 3 is 2.81 bits per heavy atom. The monoisotopic (exact) mass is 528 g/mol. The molecule has 5 rings (SSSR count). The Balaban J connectivity index is 1.47. The third-order valence-corrected chi connectivity index (χ3v) is 8.10. The zero-order chi connectivity index (χ0) is 25.2. The van der Waals surface area contributed by atoms with E-state index in [0.717, 1.165) is 12.8 Å². The Bertz CT molecular complexity index is 1280. The molecule has 1 unspecified atom stereocenters. The van der Waals surface area contributed by atoms with Crippen LogP contribution in [0.5, 0.6) is 0 Å². The van der Waals surface area contributed by atoms with E-state index >= 15 is 0 Å². The van der Waals surface area contributed by atoms with E-state index in [2.05, 4.69) is 0 Å². The Morgan fingerprint density at radius 1 is 1.28 bits per heavy atom. The number of fused-ring (bicyclic) bond motifs is 1. The fraction of sp³-hybridized carbons (Fsp3) is 0.480. The number of rotatable bonds is 6. The molecule has 2 aromatic rings. The van der Waals surface area contributed by atoms with Gasteiger partial charge in [0.05, 0.1) is 35.6 Å². The van der Waals surface area contributed by atoms with E-state index in [1.807, 2.05) is 11.0 Å². The second-order valence-corrected chi connectivity index (χ2v) is 10.7. The van der Waals surface area contributed by atoms with Crippen molar-refractivity contribution in [3.63, 3.8) is 0 Å². The molecule has 3 aliphatic rings. The van der Waals surface area contributed by atoms with Gasteiger partial charge in [-0.3, -0.25) is 23.7 Å². The lowest BCUT2D eigenvalue weighted by atomic mass is 9.96. The van der Waals surface area contributed by atoms with Crippen molar-refractivity contribution >= 4 is 57.7 Å².